The van der Waals surface area contributed by atoms with Gasteiger partial charge in [0.1, 0.15) is 5.75 Å². The Morgan fingerprint density at radius 2 is 2.00 bits per heavy atom. The first-order valence-corrected chi connectivity index (χ1v) is 9.25. The van der Waals surface area contributed by atoms with Crippen LogP contribution in [0, 0.1) is 0 Å². The number of H-pyrrole nitrogens is 1. The fraction of sp³-hybridized carbons (Fsp3) is 0.217. The number of nitrogens with zero attached hydrogens (tertiary/aromatic N) is 1. The van der Waals surface area contributed by atoms with Gasteiger partial charge in [0.2, 0.25) is 0 Å². The first-order valence-electron chi connectivity index (χ1n) is 9.25. The number of allylic oxidation sites excluding steroid dienone is 2. The number of aromatic amines is 1. The van der Waals surface area contributed by atoms with Gasteiger partial charge in [-0.05, 0) is 54.7 Å². The number of aryl methyl sites for hydroxylation is 1. The van der Waals surface area contributed by atoms with Crippen molar-refractivity contribution in [3.05, 3.63) is 89.0 Å². The fourth-order valence-corrected chi connectivity index (χ4v) is 3.54. The summed E-state index contributed by atoms with van der Waals surface area (Å²) in [6.45, 7) is 2.62. The van der Waals surface area contributed by atoms with Crippen molar-refractivity contribution in [3.63, 3.8) is 0 Å². The minimum atomic E-state index is 0.140. The van der Waals surface area contributed by atoms with Crippen molar-refractivity contribution in [2.75, 3.05) is 6.61 Å². The summed E-state index contributed by atoms with van der Waals surface area (Å²) < 4.78 is 5.85. The predicted molar refractivity (Wildman–Crippen MR) is 106 cm³/mol. The van der Waals surface area contributed by atoms with E-state index in [-0.39, 0.29) is 5.78 Å². The molecule has 4 heteroatoms. The number of carbonyl (C=O) groups is 1. The van der Waals surface area contributed by atoms with E-state index in [1.54, 1.807) is 12.5 Å². The van der Waals surface area contributed by atoms with E-state index < -0.39 is 0 Å². The molecule has 0 spiro atoms. The van der Waals surface area contributed by atoms with Gasteiger partial charge >= 0.3 is 0 Å². The second kappa shape index (κ2) is 7.62. The number of ether oxygens (including phenoxy) is 1. The van der Waals surface area contributed by atoms with E-state index in [1.165, 1.54) is 0 Å². The molecule has 0 amide bonds. The third-order valence-corrected chi connectivity index (χ3v) is 5.09. The number of carbonyl (C=O) groups excluding carboxylic acids is 1. The summed E-state index contributed by atoms with van der Waals surface area (Å²) >= 11 is 0. The SMILES string of the molecule is C/C(=C1/CCc2cc(OCCc3cnc[nH]3)ccc2C1=O)c1ccccc1. The van der Waals surface area contributed by atoms with Gasteiger partial charge in [0.25, 0.3) is 0 Å². The Labute approximate surface area is 158 Å². The van der Waals surface area contributed by atoms with Gasteiger partial charge < -0.3 is 9.72 Å². The lowest BCUT2D eigenvalue weighted by Gasteiger charge is -2.21. The molecule has 0 atom stereocenters. The van der Waals surface area contributed by atoms with Gasteiger partial charge in [-0.15, -0.1) is 0 Å². The van der Waals surface area contributed by atoms with E-state index in [0.717, 1.165) is 58.5 Å². The van der Waals surface area contributed by atoms with Crippen LogP contribution >= 0.6 is 0 Å². The molecule has 0 radical (unpaired) electrons. The molecule has 0 unspecified atom stereocenters. The van der Waals surface area contributed by atoms with Crippen molar-refractivity contribution < 1.29 is 9.53 Å². The maximum absolute atomic E-state index is 13.0. The molecule has 27 heavy (non-hydrogen) atoms. The van der Waals surface area contributed by atoms with Gasteiger partial charge in [-0.1, -0.05) is 30.3 Å². The molecule has 1 aromatic heterocycles. The van der Waals surface area contributed by atoms with Crippen LogP contribution in [0.5, 0.6) is 5.75 Å². The third kappa shape index (κ3) is 3.70. The molecule has 0 bridgehead atoms. The highest BCUT2D eigenvalue weighted by atomic mass is 16.5. The molecular formula is C23H22N2O2. The average molecular weight is 358 g/mol. The first kappa shape index (κ1) is 17.3. The predicted octanol–water partition coefficient (Wildman–Crippen LogP) is 4.63. The monoisotopic (exact) mass is 358 g/mol. The summed E-state index contributed by atoms with van der Waals surface area (Å²) in [5, 5.41) is 0. The third-order valence-electron chi connectivity index (χ3n) is 5.09. The van der Waals surface area contributed by atoms with Gasteiger partial charge in [-0.25, -0.2) is 4.98 Å². The van der Waals surface area contributed by atoms with Gasteiger partial charge in [0.15, 0.2) is 5.78 Å². The summed E-state index contributed by atoms with van der Waals surface area (Å²) in [4.78, 5) is 20.1. The summed E-state index contributed by atoms with van der Waals surface area (Å²) in [6, 6.07) is 15.9. The maximum atomic E-state index is 13.0. The van der Waals surface area contributed by atoms with Crippen molar-refractivity contribution in [1.29, 1.82) is 0 Å². The number of fused-ring (bicyclic) bond motifs is 1. The highest BCUT2D eigenvalue weighted by Gasteiger charge is 2.24. The Morgan fingerprint density at radius 1 is 1.15 bits per heavy atom. The second-order valence-electron chi connectivity index (χ2n) is 6.79. The van der Waals surface area contributed by atoms with E-state index >= 15 is 0 Å². The zero-order valence-electron chi connectivity index (χ0n) is 15.4. The Bertz CT molecular complexity index is 973. The lowest BCUT2D eigenvalue weighted by Crippen LogP contribution is -2.15. The van der Waals surface area contributed by atoms with Crippen LogP contribution in [0.25, 0.3) is 5.57 Å². The van der Waals surface area contributed by atoms with Crippen LogP contribution in [-0.2, 0) is 12.8 Å². The Morgan fingerprint density at radius 3 is 2.78 bits per heavy atom. The number of Topliss-reactive ketones (excluding diaryl/α,β-unsaturated/α-hetero) is 1. The van der Waals surface area contributed by atoms with Gasteiger partial charge in [-0.2, -0.15) is 0 Å². The van der Waals surface area contributed by atoms with E-state index in [0.29, 0.717) is 6.61 Å². The molecule has 4 nitrogen and oxygen atoms in total. The van der Waals surface area contributed by atoms with Crippen molar-refractivity contribution in [3.8, 4) is 5.75 Å². The highest BCUT2D eigenvalue weighted by Crippen LogP contribution is 2.32. The Kier molecular flexibility index (Phi) is 4.88. The normalized spacial score (nSPS) is 15.4. The molecule has 1 aliphatic carbocycles. The van der Waals surface area contributed by atoms with Crippen LogP contribution in [0.15, 0.2) is 66.6 Å². The number of imidazole rings is 1. The van der Waals surface area contributed by atoms with Crippen LogP contribution in [0.2, 0.25) is 0 Å². The number of ketones is 1. The van der Waals surface area contributed by atoms with Crippen LogP contribution in [0.1, 0.15) is 40.5 Å². The molecule has 4 rings (SSSR count). The molecule has 0 fully saturated rings. The smallest absolute Gasteiger partial charge is 0.189 e. The maximum Gasteiger partial charge on any atom is 0.189 e. The molecule has 136 valence electrons. The zero-order valence-corrected chi connectivity index (χ0v) is 15.4. The van der Waals surface area contributed by atoms with E-state index in [1.807, 2.05) is 43.3 Å². The van der Waals surface area contributed by atoms with Gasteiger partial charge in [0.05, 0.1) is 12.9 Å². The number of hydrogen-bond acceptors (Lipinski definition) is 3. The summed E-state index contributed by atoms with van der Waals surface area (Å²) in [7, 11) is 0. The highest BCUT2D eigenvalue weighted by molar-refractivity contribution is 6.14. The van der Waals surface area contributed by atoms with E-state index in [4.69, 9.17) is 4.74 Å². The molecular weight excluding hydrogens is 336 g/mol. The number of nitrogens with one attached hydrogen (secondary N) is 1. The number of aromatic nitrogens is 2. The molecule has 0 saturated heterocycles. The zero-order chi connectivity index (χ0) is 18.6. The van der Waals surface area contributed by atoms with E-state index in [2.05, 4.69) is 22.1 Å². The van der Waals surface area contributed by atoms with Gasteiger partial charge in [0, 0.05) is 29.4 Å². The fourth-order valence-electron chi connectivity index (χ4n) is 3.54. The average Bonchev–Trinajstić information content (AvgIpc) is 3.22. The molecule has 1 N–H and O–H groups in total. The van der Waals surface area contributed by atoms with Crippen molar-refractivity contribution in [2.24, 2.45) is 0 Å². The molecule has 0 saturated carbocycles. The quantitative estimate of drug-likeness (QED) is 0.676. The lowest BCUT2D eigenvalue weighted by molar-refractivity contribution is 0.102. The summed E-state index contributed by atoms with van der Waals surface area (Å²) in [5.41, 5.74) is 6.03. The molecule has 1 heterocycles. The van der Waals surface area contributed by atoms with E-state index in [9.17, 15) is 4.79 Å². The Balaban J connectivity index is 1.50. The second-order valence-corrected chi connectivity index (χ2v) is 6.79. The summed E-state index contributed by atoms with van der Waals surface area (Å²) in [5.74, 6) is 0.954. The van der Waals surface area contributed by atoms with Crippen molar-refractivity contribution >= 4 is 11.4 Å². The van der Waals surface area contributed by atoms with Crippen LogP contribution < -0.4 is 4.74 Å². The minimum Gasteiger partial charge on any atom is -0.493 e. The molecule has 1 aliphatic rings. The van der Waals surface area contributed by atoms with Crippen LogP contribution in [0.3, 0.4) is 0 Å². The van der Waals surface area contributed by atoms with Gasteiger partial charge in [-0.3, -0.25) is 4.79 Å². The topological polar surface area (TPSA) is 55.0 Å². The molecule has 2 aromatic carbocycles. The van der Waals surface area contributed by atoms with Crippen LogP contribution in [-0.4, -0.2) is 22.4 Å². The van der Waals surface area contributed by atoms with Crippen LogP contribution in [0.4, 0.5) is 0 Å². The Hall–Kier alpha value is -3.14. The minimum absolute atomic E-state index is 0.140. The number of rotatable bonds is 5. The molecule has 3 aromatic rings. The number of benzene rings is 2. The molecule has 0 aliphatic heterocycles. The number of hydrogen-bond donors (Lipinski definition) is 1. The largest absolute Gasteiger partial charge is 0.493 e. The van der Waals surface area contributed by atoms with Crippen molar-refractivity contribution in [2.45, 2.75) is 26.2 Å². The lowest BCUT2D eigenvalue weighted by atomic mass is 9.83. The standard InChI is InChI=1S/C23H22N2O2/c1-16(17-5-3-2-4-6-17)21-9-7-18-13-20(8-10-22(18)23(21)26)27-12-11-19-14-24-15-25-19/h2-6,8,10,13-15H,7,9,11-12H2,1H3,(H,24,25)/b21-16+. The summed E-state index contributed by atoms with van der Waals surface area (Å²) in [6.07, 6.45) is 5.88. The first-order chi connectivity index (χ1) is 13.2. The van der Waals surface area contributed by atoms with Crippen molar-refractivity contribution in [1.82, 2.24) is 9.97 Å².